The molecule has 0 radical (unpaired) electrons. The fourth-order valence-electron chi connectivity index (χ4n) is 4.38. The fraction of sp³-hybridized carbons (Fsp3) is 0.276. The average molecular weight is 503 g/mol. The van der Waals surface area contributed by atoms with Gasteiger partial charge in [-0.25, -0.2) is 9.78 Å². The first kappa shape index (κ1) is 25.4. The second-order valence-electron chi connectivity index (χ2n) is 8.81. The Hall–Kier alpha value is -3.71. The zero-order chi connectivity index (χ0) is 26.0. The van der Waals surface area contributed by atoms with Crippen molar-refractivity contribution in [3.63, 3.8) is 0 Å². The monoisotopic (exact) mass is 502 g/mol. The van der Waals surface area contributed by atoms with Gasteiger partial charge in [-0.15, -0.1) is 11.3 Å². The zero-order valence-corrected chi connectivity index (χ0v) is 22.2. The molecular weight excluding hydrogens is 472 g/mol. The summed E-state index contributed by atoms with van der Waals surface area (Å²) in [5.41, 5.74) is 4.94. The predicted molar refractivity (Wildman–Crippen MR) is 145 cm³/mol. The van der Waals surface area contributed by atoms with E-state index < -0.39 is 5.97 Å². The van der Waals surface area contributed by atoms with Gasteiger partial charge in [0.15, 0.2) is 0 Å². The summed E-state index contributed by atoms with van der Waals surface area (Å²) in [6.07, 6.45) is 0.406. The number of rotatable bonds is 7. The van der Waals surface area contributed by atoms with Crippen LogP contribution in [0.5, 0.6) is 5.75 Å². The molecule has 0 aliphatic heterocycles. The maximum atomic E-state index is 13.8. The number of nitrogens with one attached hydrogen (secondary N) is 1. The van der Waals surface area contributed by atoms with Gasteiger partial charge in [-0.1, -0.05) is 25.1 Å². The maximum Gasteiger partial charge on any atom is 0.341 e. The van der Waals surface area contributed by atoms with Crippen LogP contribution in [0, 0.1) is 13.8 Å². The van der Waals surface area contributed by atoms with Crippen molar-refractivity contribution in [1.82, 2.24) is 4.98 Å². The van der Waals surface area contributed by atoms with Crippen LogP contribution in [-0.2, 0) is 11.2 Å². The number of fused-ring (bicyclic) bond motifs is 1. The molecule has 0 saturated heterocycles. The Labute approximate surface area is 215 Å². The highest BCUT2D eigenvalue weighted by Gasteiger charge is 2.26. The Bertz CT molecular complexity index is 1440. The van der Waals surface area contributed by atoms with Crippen LogP contribution < -0.4 is 10.1 Å². The second kappa shape index (κ2) is 10.5. The van der Waals surface area contributed by atoms with E-state index in [1.807, 2.05) is 83.1 Å². The van der Waals surface area contributed by atoms with E-state index in [1.165, 1.54) is 11.3 Å². The number of para-hydroxylation sites is 1. The van der Waals surface area contributed by atoms with E-state index in [2.05, 4.69) is 5.32 Å². The van der Waals surface area contributed by atoms with Gasteiger partial charge in [0.05, 0.1) is 35.6 Å². The summed E-state index contributed by atoms with van der Waals surface area (Å²) in [6, 6.07) is 15.2. The minimum absolute atomic E-state index is 0.260. The van der Waals surface area contributed by atoms with Crippen molar-refractivity contribution in [3.05, 3.63) is 75.7 Å². The number of aryl methyl sites for hydroxylation is 1. The van der Waals surface area contributed by atoms with Gasteiger partial charge in [0.25, 0.3) is 5.91 Å². The van der Waals surface area contributed by atoms with E-state index in [-0.39, 0.29) is 12.0 Å². The summed E-state index contributed by atoms with van der Waals surface area (Å²) >= 11 is 1.40. The fourth-order valence-corrected chi connectivity index (χ4v) is 5.50. The standard InChI is InChI=1S/C29H30N2O4S/c1-7-21-18(5)36-28(25(21)29(33)35-16(2)3)31-27(32)24-17(4)26(19-12-14-20(34-6)15-13-19)30-23-11-9-8-10-22(23)24/h8-16H,7H2,1-6H3,(H,31,32). The number of ether oxygens (including phenoxy) is 2. The summed E-state index contributed by atoms with van der Waals surface area (Å²) in [6.45, 7) is 9.48. The molecule has 0 fully saturated rings. The lowest BCUT2D eigenvalue weighted by Crippen LogP contribution is -2.18. The summed E-state index contributed by atoms with van der Waals surface area (Å²) in [5, 5.41) is 4.29. The van der Waals surface area contributed by atoms with Crippen LogP contribution in [0.25, 0.3) is 22.2 Å². The quantitative estimate of drug-likeness (QED) is 0.276. The van der Waals surface area contributed by atoms with Crippen LogP contribution in [0.3, 0.4) is 0 Å². The Kier molecular flexibility index (Phi) is 7.40. The Morgan fingerprint density at radius 2 is 1.72 bits per heavy atom. The molecular formula is C29H30N2O4S. The molecule has 36 heavy (non-hydrogen) atoms. The lowest BCUT2D eigenvalue weighted by Gasteiger charge is -2.15. The summed E-state index contributed by atoms with van der Waals surface area (Å²) in [4.78, 5) is 32.7. The van der Waals surface area contributed by atoms with Gasteiger partial charge in [-0.2, -0.15) is 0 Å². The van der Waals surface area contributed by atoms with Gasteiger partial charge in [0.1, 0.15) is 10.8 Å². The van der Waals surface area contributed by atoms with Gasteiger partial charge in [0, 0.05) is 15.8 Å². The number of carbonyl (C=O) groups is 2. The van der Waals surface area contributed by atoms with Crippen molar-refractivity contribution < 1.29 is 19.1 Å². The van der Waals surface area contributed by atoms with Crippen molar-refractivity contribution >= 4 is 39.1 Å². The maximum absolute atomic E-state index is 13.8. The minimum atomic E-state index is -0.420. The molecule has 0 spiro atoms. The summed E-state index contributed by atoms with van der Waals surface area (Å²) in [5.74, 6) is 0.0378. The number of aromatic nitrogens is 1. The molecule has 0 aliphatic rings. The Morgan fingerprint density at radius 1 is 1.03 bits per heavy atom. The molecule has 1 N–H and O–H groups in total. The number of pyridine rings is 1. The van der Waals surface area contributed by atoms with Crippen molar-refractivity contribution in [3.8, 4) is 17.0 Å². The van der Waals surface area contributed by atoms with Crippen LogP contribution in [0.1, 0.15) is 57.5 Å². The predicted octanol–water partition coefficient (Wildman–Crippen LogP) is 6.97. The number of methoxy groups -OCH3 is 1. The first-order chi connectivity index (χ1) is 17.2. The SMILES string of the molecule is CCc1c(C)sc(NC(=O)c2c(C)c(-c3ccc(OC)cc3)nc3ccccc23)c1C(=O)OC(C)C. The number of amides is 1. The van der Waals surface area contributed by atoms with E-state index >= 15 is 0 Å². The topological polar surface area (TPSA) is 77.5 Å². The highest BCUT2D eigenvalue weighted by atomic mass is 32.1. The third-order valence-electron chi connectivity index (χ3n) is 6.06. The molecule has 4 rings (SSSR count). The van der Waals surface area contributed by atoms with Crippen LogP contribution >= 0.6 is 11.3 Å². The normalized spacial score (nSPS) is 11.1. The van der Waals surface area contributed by atoms with Crippen molar-refractivity contribution in [1.29, 1.82) is 0 Å². The third-order valence-corrected chi connectivity index (χ3v) is 7.13. The first-order valence-electron chi connectivity index (χ1n) is 11.9. The van der Waals surface area contributed by atoms with Gasteiger partial charge < -0.3 is 14.8 Å². The molecule has 2 aromatic heterocycles. The molecule has 0 saturated carbocycles. The van der Waals surface area contributed by atoms with Gasteiger partial charge in [0.2, 0.25) is 0 Å². The van der Waals surface area contributed by atoms with E-state index in [0.717, 1.165) is 43.9 Å². The van der Waals surface area contributed by atoms with Gasteiger partial charge in [-0.05, 0) is 75.6 Å². The molecule has 0 bridgehead atoms. The van der Waals surface area contributed by atoms with E-state index in [4.69, 9.17) is 14.5 Å². The molecule has 1 amide bonds. The van der Waals surface area contributed by atoms with E-state index in [0.29, 0.717) is 22.5 Å². The molecule has 2 heterocycles. The lowest BCUT2D eigenvalue weighted by atomic mass is 9.97. The van der Waals surface area contributed by atoms with E-state index in [1.54, 1.807) is 7.11 Å². The molecule has 0 unspecified atom stereocenters. The molecule has 6 nitrogen and oxygen atoms in total. The average Bonchev–Trinajstić information content (AvgIpc) is 3.17. The Balaban J connectivity index is 1.83. The highest BCUT2D eigenvalue weighted by molar-refractivity contribution is 7.16. The smallest absolute Gasteiger partial charge is 0.341 e. The number of thiophene rings is 1. The molecule has 186 valence electrons. The number of hydrogen-bond donors (Lipinski definition) is 1. The molecule has 7 heteroatoms. The number of benzene rings is 2. The Morgan fingerprint density at radius 3 is 2.36 bits per heavy atom. The molecule has 0 aliphatic carbocycles. The number of esters is 1. The molecule has 0 atom stereocenters. The van der Waals surface area contributed by atoms with Crippen molar-refractivity contribution in [2.45, 2.75) is 47.1 Å². The number of carbonyl (C=O) groups excluding carboxylic acids is 2. The zero-order valence-electron chi connectivity index (χ0n) is 21.4. The lowest BCUT2D eigenvalue weighted by molar-refractivity contribution is 0.0378. The van der Waals surface area contributed by atoms with Gasteiger partial charge in [-0.3, -0.25) is 4.79 Å². The highest BCUT2D eigenvalue weighted by Crippen LogP contribution is 2.36. The largest absolute Gasteiger partial charge is 0.497 e. The third kappa shape index (κ3) is 4.84. The van der Waals surface area contributed by atoms with E-state index in [9.17, 15) is 9.59 Å². The second-order valence-corrected chi connectivity index (χ2v) is 10.0. The summed E-state index contributed by atoms with van der Waals surface area (Å²) in [7, 11) is 1.62. The van der Waals surface area contributed by atoms with Crippen molar-refractivity contribution in [2.24, 2.45) is 0 Å². The molecule has 2 aromatic carbocycles. The number of anilines is 1. The minimum Gasteiger partial charge on any atom is -0.497 e. The van der Waals surface area contributed by atoms with Gasteiger partial charge >= 0.3 is 5.97 Å². The van der Waals surface area contributed by atoms with Crippen LogP contribution in [0.2, 0.25) is 0 Å². The van der Waals surface area contributed by atoms with Crippen molar-refractivity contribution in [2.75, 3.05) is 12.4 Å². The van der Waals surface area contributed by atoms with Crippen LogP contribution in [0.4, 0.5) is 5.00 Å². The number of nitrogens with zero attached hydrogens (tertiary/aromatic N) is 1. The molecule has 4 aromatic rings. The first-order valence-corrected chi connectivity index (χ1v) is 12.7. The van der Waals surface area contributed by atoms with Crippen LogP contribution in [-0.4, -0.2) is 30.1 Å². The summed E-state index contributed by atoms with van der Waals surface area (Å²) < 4.78 is 10.8. The number of hydrogen-bond acceptors (Lipinski definition) is 6. The van der Waals surface area contributed by atoms with Crippen LogP contribution in [0.15, 0.2) is 48.5 Å².